The Labute approximate surface area is 91.7 Å². The lowest BCUT2D eigenvalue weighted by Gasteiger charge is -2.35. The third-order valence-corrected chi connectivity index (χ3v) is 3.46. The standard InChI is InChI=1S/C9H20N2O3S/c1-10-7-9-8-14-5-3-11(9)4-6-15(2,12)13/h9-10H,3-8H2,1-2H3. The third-order valence-electron chi connectivity index (χ3n) is 2.54. The summed E-state index contributed by atoms with van der Waals surface area (Å²) in [4.78, 5) is 2.18. The molecule has 0 aromatic rings. The molecule has 1 atom stereocenters. The largest absolute Gasteiger partial charge is 0.378 e. The number of morpholine rings is 1. The maximum Gasteiger partial charge on any atom is 0.148 e. The fourth-order valence-corrected chi connectivity index (χ4v) is 2.26. The second-order valence-electron chi connectivity index (χ2n) is 3.95. The summed E-state index contributed by atoms with van der Waals surface area (Å²) in [7, 11) is -0.973. The monoisotopic (exact) mass is 236 g/mol. The van der Waals surface area contributed by atoms with Gasteiger partial charge in [0.05, 0.1) is 19.0 Å². The molecule has 1 aliphatic rings. The van der Waals surface area contributed by atoms with E-state index >= 15 is 0 Å². The summed E-state index contributed by atoms with van der Waals surface area (Å²) in [6, 6.07) is 0.297. The molecule has 1 heterocycles. The summed E-state index contributed by atoms with van der Waals surface area (Å²) >= 11 is 0. The minimum absolute atomic E-state index is 0.229. The van der Waals surface area contributed by atoms with E-state index in [1.165, 1.54) is 6.26 Å². The Kier molecular flexibility index (Phi) is 4.98. The molecule has 0 aliphatic carbocycles. The second kappa shape index (κ2) is 5.79. The van der Waals surface area contributed by atoms with Crippen LogP contribution in [0.1, 0.15) is 0 Å². The number of nitrogens with zero attached hydrogens (tertiary/aromatic N) is 1. The molecule has 5 nitrogen and oxygen atoms in total. The van der Waals surface area contributed by atoms with Crippen molar-refractivity contribution < 1.29 is 13.2 Å². The van der Waals surface area contributed by atoms with Gasteiger partial charge in [0.1, 0.15) is 9.84 Å². The van der Waals surface area contributed by atoms with Gasteiger partial charge in [-0.1, -0.05) is 0 Å². The van der Waals surface area contributed by atoms with Gasteiger partial charge in [-0.2, -0.15) is 0 Å². The molecule has 0 bridgehead atoms. The molecule has 6 heteroatoms. The zero-order valence-electron chi connectivity index (χ0n) is 9.40. The summed E-state index contributed by atoms with van der Waals surface area (Å²) < 4.78 is 27.5. The van der Waals surface area contributed by atoms with Gasteiger partial charge in [-0.05, 0) is 7.05 Å². The van der Waals surface area contributed by atoms with Crippen molar-refractivity contribution in [1.29, 1.82) is 0 Å². The molecule has 0 saturated carbocycles. The van der Waals surface area contributed by atoms with Crippen molar-refractivity contribution in [2.24, 2.45) is 0 Å². The highest BCUT2D eigenvalue weighted by Gasteiger charge is 2.22. The lowest BCUT2D eigenvalue weighted by atomic mass is 10.2. The molecule has 1 unspecified atom stereocenters. The number of ether oxygens (including phenoxy) is 1. The van der Waals surface area contributed by atoms with E-state index in [1.807, 2.05) is 7.05 Å². The van der Waals surface area contributed by atoms with Crippen LogP contribution >= 0.6 is 0 Å². The second-order valence-corrected chi connectivity index (χ2v) is 6.21. The molecule has 0 aromatic carbocycles. The number of hydrogen-bond donors (Lipinski definition) is 1. The van der Waals surface area contributed by atoms with Crippen molar-refractivity contribution in [1.82, 2.24) is 10.2 Å². The number of rotatable bonds is 5. The molecule has 1 N–H and O–H groups in total. The third kappa shape index (κ3) is 4.92. The van der Waals surface area contributed by atoms with E-state index in [1.54, 1.807) is 0 Å². The van der Waals surface area contributed by atoms with Crippen LogP contribution in [-0.2, 0) is 14.6 Å². The maximum atomic E-state index is 11.1. The molecule has 1 rings (SSSR count). The molecule has 90 valence electrons. The molecule has 1 aliphatic heterocycles. The first kappa shape index (κ1) is 12.9. The molecular formula is C9H20N2O3S. The molecule has 0 radical (unpaired) electrons. The minimum atomic E-state index is -2.86. The van der Waals surface area contributed by atoms with E-state index in [4.69, 9.17) is 4.74 Å². The first-order valence-electron chi connectivity index (χ1n) is 5.17. The number of nitrogens with one attached hydrogen (secondary N) is 1. The highest BCUT2D eigenvalue weighted by Crippen LogP contribution is 2.06. The Morgan fingerprint density at radius 2 is 2.27 bits per heavy atom. The van der Waals surface area contributed by atoms with Crippen LogP contribution in [0.2, 0.25) is 0 Å². The molecule has 0 amide bonds. The first-order valence-corrected chi connectivity index (χ1v) is 7.23. The van der Waals surface area contributed by atoms with Gasteiger partial charge in [0, 0.05) is 31.9 Å². The van der Waals surface area contributed by atoms with Crippen molar-refractivity contribution in [2.45, 2.75) is 6.04 Å². The smallest absolute Gasteiger partial charge is 0.148 e. The average molecular weight is 236 g/mol. The van der Waals surface area contributed by atoms with Gasteiger partial charge >= 0.3 is 0 Å². The zero-order chi connectivity index (χ0) is 11.3. The normalized spacial score (nSPS) is 24.3. The Hall–Kier alpha value is -0.170. The van der Waals surface area contributed by atoms with Crippen LogP contribution in [-0.4, -0.2) is 71.3 Å². The topological polar surface area (TPSA) is 58.6 Å². The summed E-state index contributed by atoms with van der Waals surface area (Å²) in [6.45, 7) is 3.65. The Morgan fingerprint density at radius 1 is 1.53 bits per heavy atom. The van der Waals surface area contributed by atoms with E-state index in [0.29, 0.717) is 25.8 Å². The first-order chi connectivity index (χ1) is 7.03. The lowest BCUT2D eigenvalue weighted by molar-refractivity contribution is -0.00313. The van der Waals surface area contributed by atoms with E-state index in [-0.39, 0.29) is 5.75 Å². The van der Waals surface area contributed by atoms with Gasteiger partial charge in [0.25, 0.3) is 0 Å². The van der Waals surface area contributed by atoms with Gasteiger partial charge in [-0.3, -0.25) is 4.90 Å². The van der Waals surface area contributed by atoms with Crippen LogP contribution in [0.4, 0.5) is 0 Å². The fourth-order valence-electron chi connectivity index (χ4n) is 1.69. The van der Waals surface area contributed by atoms with Crippen LogP contribution in [0, 0.1) is 0 Å². The Morgan fingerprint density at radius 3 is 2.87 bits per heavy atom. The quantitative estimate of drug-likeness (QED) is 0.660. The Bertz CT molecular complexity index is 277. The van der Waals surface area contributed by atoms with Gasteiger partial charge in [0.2, 0.25) is 0 Å². The summed E-state index contributed by atoms with van der Waals surface area (Å²) in [6.07, 6.45) is 1.28. The van der Waals surface area contributed by atoms with E-state index < -0.39 is 9.84 Å². The number of sulfone groups is 1. The summed E-state index contributed by atoms with van der Waals surface area (Å²) in [5.74, 6) is 0.229. The van der Waals surface area contributed by atoms with Crippen molar-refractivity contribution >= 4 is 9.84 Å². The van der Waals surface area contributed by atoms with Crippen LogP contribution in [0.5, 0.6) is 0 Å². The molecule has 1 saturated heterocycles. The molecule has 1 fully saturated rings. The van der Waals surface area contributed by atoms with Gasteiger partial charge < -0.3 is 10.1 Å². The Balaban J connectivity index is 2.42. The maximum absolute atomic E-state index is 11.1. The highest BCUT2D eigenvalue weighted by molar-refractivity contribution is 7.90. The molecular weight excluding hydrogens is 216 g/mol. The zero-order valence-corrected chi connectivity index (χ0v) is 10.2. The average Bonchev–Trinajstić information content (AvgIpc) is 2.16. The van der Waals surface area contributed by atoms with E-state index in [2.05, 4.69) is 10.2 Å². The van der Waals surface area contributed by atoms with Crippen molar-refractivity contribution in [3.8, 4) is 0 Å². The lowest BCUT2D eigenvalue weighted by Crippen LogP contribution is -2.51. The molecule has 0 spiro atoms. The van der Waals surface area contributed by atoms with Crippen LogP contribution < -0.4 is 5.32 Å². The fraction of sp³-hybridized carbons (Fsp3) is 1.00. The van der Waals surface area contributed by atoms with E-state index in [9.17, 15) is 8.42 Å². The number of hydrogen-bond acceptors (Lipinski definition) is 5. The predicted octanol–water partition coefficient (Wildman–Crippen LogP) is -1.05. The summed E-state index contributed by atoms with van der Waals surface area (Å²) in [5, 5.41) is 3.09. The van der Waals surface area contributed by atoms with Crippen LogP contribution in [0.15, 0.2) is 0 Å². The van der Waals surface area contributed by atoms with Crippen molar-refractivity contribution in [3.05, 3.63) is 0 Å². The van der Waals surface area contributed by atoms with Crippen LogP contribution in [0.25, 0.3) is 0 Å². The molecule has 0 aromatic heterocycles. The van der Waals surface area contributed by atoms with Gasteiger partial charge in [0.15, 0.2) is 0 Å². The van der Waals surface area contributed by atoms with Crippen molar-refractivity contribution in [3.63, 3.8) is 0 Å². The summed E-state index contributed by atoms with van der Waals surface area (Å²) in [5.41, 5.74) is 0. The highest BCUT2D eigenvalue weighted by atomic mass is 32.2. The van der Waals surface area contributed by atoms with Gasteiger partial charge in [-0.25, -0.2) is 8.42 Å². The molecule has 15 heavy (non-hydrogen) atoms. The van der Waals surface area contributed by atoms with Gasteiger partial charge in [-0.15, -0.1) is 0 Å². The predicted molar refractivity (Wildman–Crippen MR) is 59.8 cm³/mol. The van der Waals surface area contributed by atoms with Crippen LogP contribution in [0.3, 0.4) is 0 Å². The van der Waals surface area contributed by atoms with Crippen molar-refractivity contribution in [2.75, 3.05) is 51.9 Å². The van der Waals surface area contributed by atoms with E-state index in [0.717, 1.165) is 13.1 Å². The SMILES string of the molecule is CNCC1COCCN1CCS(C)(=O)=O. The minimum Gasteiger partial charge on any atom is -0.378 e. The number of likely N-dealkylation sites (N-methyl/N-ethyl adjacent to an activating group) is 1.